The number of carbonyl (C=O) groups excluding carboxylic acids is 1. The second kappa shape index (κ2) is 4.26. The molecule has 1 saturated heterocycles. The van der Waals surface area contributed by atoms with E-state index in [1.807, 2.05) is 0 Å². The highest BCUT2D eigenvalue weighted by molar-refractivity contribution is 5.78. The zero-order valence-electron chi connectivity index (χ0n) is 7.52. The Kier molecular flexibility index (Phi) is 3.29. The summed E-state index contributed by atoms with van der Waals surface area (Å²) in [6.07, 6.45) is 1.61. The number of nitrogens with one attached hydrogen (secondary N) is 2. The van der Waals surface area contributed by atoms with E-state index < -0.39 is 0 Å². The third-order valence-corrected chi connectivity index (χ3v) is 2.12. The predicted octanol–water partition coefficient (Wildman–Crippen LogP) is 0.431. The van der Waals surface area contributed by atoms with E-state index in [-0.39, 0.29) is 5.91 Å². The number of amides is 1. The van der Waals surface area contributed by atoms with Gasteiger partial charge >= 0.3 is 0 Å². The van der Waals surface area contributed by atoms with Crippen LogP contribution < -0.4 is 10.6 Å². The van der Waals surface area contributed by atoms with Crippen LogP contribution in [0.15, 0.2) is 12.2 Å². The number of hydrogen-bond acceptors (Lipinski definition) is 2. The summed E-state index contributed by atoms with van der Waals surface area (Å²) >= 11 is 0. The fraction of sp³-hybridized carbons (Fsp3) is 0.667. The smallest absolute Gasteiger partial charge is 0.221 e. The van der Waals surface area contributed by atoms with Gasteiger partial charge in [0.15, 0.2) is 0 Å². The largest absolute Gasteiger partial charge is 0.354 e. The molecule has 1 fully saturated rings. The summed E-state index contributed by atoms with van der Waals surface area (Å²) in [5.74, 6) is 0.148. The Labute approximate surface area is 73.2 Å². The highest BCUT2D eigenvalue weighted by Gasteiger charge is 2.20. The van der Waals surface area contributed by atoms with E-state index in [1.165, 1.54) is 5.57 Å². The van der Waals surface area contributed by atoms with Crippen LogP contribution in [-0.2, 0) is 4.79 Å². The molecule has 1 aliphatic rings. The van der Waals surface area contributed by atoms with Crippen molar-refractivity contribution < 1.29 is 4.79 Å². The summed E-state index contributed by atoms with van der Waals surface area (Å²) in [6.45, 7) is 7.56. The Morgan fingerprint density at radius 2 is 2.58 bits per heavy atom. The molecule has 1 heterocycles. The molecule has 68 valence electrons. The molecule has 3 nitrogen and oxygen atoms in total. The Bertz CT molecular complexity index is 189. The molecule has 0 aromatic rings. The van der Waals surface area contributed by atoms with Crippen LogP contribution in [0.3, 0.4) is 0 Å². The van der Waals surface area contributed by atoms with E-state index in [0.717, 1.165) is 19.5 Å². The Morgan fingerprint density at radius 1 is 1.83 bits per heavy atom. The Hall–Kier alpha value is -0.830. The summed E-state index contributed by atoms with van der Waals surface area (Å²) in [6, 6.07) is 0.306. The number of hydrogen-bond donors (Lipinski definition) is 2. The summed E-state index contributed by atoms with van der Waals surface area (Å²) in [5.41, 5.74) is 1.19. The minimum atomic E-state index is 0.148. The molecule has 0 aromatic carbocycles. The lowest BCUT2D eigenvalue weighted by Gasteiger charge is -2.10. The first-order valence-corrected chi connectivity index (χ1v) is 4.39. The molecule has 1 aliphatic heterocycles. The first-order valence-electron chi connectivity index (χ1n) is 4.39. The van der Waals surface area contributed by atoms with Crippen LogP contribution in [0.25, 0.3) is 0 Å². The Morgan fingerprint density at radius 3 is 3.08 bits per heavy atom. The first kappa shape index (κ1) is 9.26. The van der Waals surface area contributed by atoms with Crippen LogP contribution in [0.1, 0.15) is 19.8 Å². The van der Waals surface area contributed by atoms with Crippen LogP contribution in [0.5, 0.6) is 0 Å². The summed E-state index contributed by atoms with van der Waals surface area (Å²) in [7, 11) is 0. The van der Waals surface area contributed by atoms with Gasteiger partial charge in [0.25, 0.3) is 0 Å². The highest BCUT2D eigenvalue weighted by atomic mass is 16.1. The van der Waals surface area contributed by atoms with Crippen molar-refractivity contribution in [2.75, 3.05) is 13.1 Å². The van der Waals surface area contributed by atoms with Gasteiger partial charge in [0, 0.05) is 25.6 Å². The average molecular weight is 168 g/mol. The molecule has 0 saturated carbocycles. The van der Waals surface area contributed by atoms with Crippen molar-refractivity contribution in [1.82, 2.24) is 10.6 Å². The van der Waals surface area contributed by atoms with Crippen molar-refractivity contribution in [3.8, 4) is 0 Å². The van der Waals surface area contributed by atoms with E-state index in [4.69, 9.17) is 0 Å². The maximum Gasteiger partial charge on any atom is 0.221 e. The lowest BCUT2D eigenvalue weighted by molar-refractivity contribution is -0.119. The molecule has 2 N–H and O–H groups in total. The second-order valence-electron chi connectivity index (χ2n) is 3.19. The summed E-state index contributed by atoms with van der Waals surface area (Å²) in [4.78, 5) is 10.8. The third-order valence-electron chi connectivity index (χ3n) is 2.12. The molecule has 12 heavy (non-hydrogen) atoms. The lowest BCUT2D eigenvalue weighted by atomic mass is 10.2. The monoisotopic (exact) mass is 168 g/mol. The molecule has 0 bridgehead atoms. The molecular weight excluding hydrogens is 152 g/mol. The van der Waals surface area contributed by atoms with E-state index >= 15 is 0 Å². The summed E-state index contributed by atoms with van der Waals surface area (Å²) < 4.78 is 0. The SMILES string of the molecule is C=C(CC)CNC1CNC(=O)C1. The van der Waals surface area contributed by atoms with Crippen LogP contribution in [0.4, 0.5) is 0 Å². The van der Waals surface area contributed by atoms with Gasteiger partial charge in [-0.15, -0.1) is 0 Å². The van der Waals surface area contributed by atoms with E-state index in [2.05, 4.69) is 24.1 Å². The predicted molar refractivity (Wildman–Crippen MR) is 48.8 cm³/mol. The average Bonchev–Trinajstić information content (AvgIpc) is 2.47. The van der Waals surface area contributed by atoms with E-state index in [1.54, 1.807) is 0 Å². The zero-order valence-corrected chi connectivity index (χ0v) is 7.52. The topological polar surface area (TPSA) is 41.1 Å². The molecule has 1 rings (SSSR count). The minimum absolute atomic E-state index is 0.148. The fourth-order valence-corrected chi connectivity index (χ4v) is 1.16. The number of rotatable bonds is 4. The van der Waals surface area contributed by atoms with E-state index in [0.29, 0.717) is 12.5 Å². The van der Waals surface area contributed by atoms with Gasteiger partial charge in [0.2, 0.25) is 5.91 Å². The first-order chi connectivity index (χ1) is 5.72. The fourth-order valence-electron chi connectivity index (χ4n) is 1.16. The maximum atomic E-state index is 10.8. The van der Waals surface area contributed by atoms with Gasteiger partial charge < -0.3 is 10.6 Å². The molecule has 0 spiro atoms. The van der Waals surface area contributed by atoms with Crippen LogP contribution in [0, 0.1) is 0 Å². The van der Waals surface area contributed by atoms with Gasteiger partial charge in [-0.3, -0.25) is 4.79 Å². The van der Waals surface area contributed by atoms with Crippen molar-refractivity contribution in [3.05, 3.63) is 12.2 Å². The van der Waals surface area contributed by atoms with Crippen molar-refractivity contribution in [1.29, 1.82) is 0 Å². The maximum absolute atomic E-state index is 10.8. The van der Waals surface area contributed by atoms with Crippen molar-refractivity contribution in [3.63, 3.8) is 0 Å². The normalized spacial score (nSPS) is 22.4. The lowest BCUT2D eigenvalue weighted by Crippen LogP contribution is -2.32. The molecule has 0 radical (unpaired) electrons. The molecule has 3 heteroatoms. The third kappa shape index (κ3) is 2.66. The van der Waals surface area contributed by atoms with Crippen molar-refractivity contribution in [2.45, 2.75) is 25.8 Å². The summed E-state index contributed by atoms with van der Waals surface area (Å²) in [5, 5.41) is 6.06. The molecule has 1 amide bonds. The van der Waals surface area contributed by atoms with Crippen LogP contribution >= 0.6 is 0 Å². The quantitative estimate of drug-likeness (QED) is 0.598. The van der Waals surface area contributed by atoms with Gasteiger partial charge in [-0.25, -0.2) is 0 Å². The van der Waals surface area contributed by atoms with Gasteiger partial charge in [-0.05, 0) is 6.42 Å². The molecule has 0 aromatic heterocycles. The van der Waals surface area contributed by atoms with E-state index in [9.17, 15) is 4.79 Å². The molecule has 0 aliphatic carbocycles. The standard InChI is InChI=1S/C9H16N2O/c1-3-7(2)5-10-8-4-9(12)11-6-8/h8,10H,2-6H2,1H3,(H,11,12). The zero-order chi connectivity index (χ0) is 8.97. The minimum Gasteiger partial charge on any atom is -0.354 e. The Balaban J connectivity index is 2.16. The molecular formula is C9H16N2O. The number of carbonyl (C=O) groups is 1. The van der Waals surface area contributed by atoms with Gasteiger partial charge in [0.1, 0.15) is 0 Å². The van der Waals surface area contributed by atoms with Gasteiger partial charge in [0.05, 0.1) is 0 Å². The highest BCUT2D eigenvalue weighted by Crippen LogP contribution is 2.00. The molecule has 1 atom stereocenters. The van der Waals surface area contributed by atoms with Crippen LogP contribution in [-0.4, -0.2) is 25.0 Å². The van der Waals surface area contributed by atoms with Crippen LogP contribution in [0.2, 0.25) is 0 Å². The second-order valence-corrected chi connectivity index (χ2v) is 3.19. The molecule has 1 unspecified atom stereocenters. The van der Waals surface area contributed by atoms with Gasteiger partial charge in [-0.2, -0.15) is 0 Å². The van der Waals surface area contributed by atoms with Crippen molar-refractivity contribution >= 4 is 5.91 Å². The van der Waals surface area contributed by atoms with Crippen molar-refractivity contribution in [2.24, 2.45) is 0 Å². The van der Waals surface area contributed by atoms with Gasteiger partial charge in [-0.1, -0.05) is 19.1 Å².